The predicted octanol–water partition coefficient (Wildman–Crippen LogP) is 4.33. The summed E-state index contributed by atoms with van der Waals surface area (Å²) in [6.45, 7) is 5.31. The van der Waals surface area contributed by atoms with E-state index in [1.165, 1.54) is 0 Å². The number of ether oxygens (including phenoxy) is 1. The van der Waals surface area contributed by atoms with Crippen molar-refractivity contribution in [2.45, 2.75) is 32.8 Å². The number of hydrogen-bond donors (Lipinski definition) is 1. The summed E-state index contributed by atoms with van der Waals surface area (Å²) < 4.78 is 5.79. The summed E-state index contributed by atoms with van der Waals surface area (Å²) in [6, 6.07) is 18.0. The van der Waals surface area contributed by atoms with Gasteiger partial charge in [-0.15, -0.1) is 0 Å². The van der Waals surface area contributed by atoms with E-state index >= 15 is 0 Å². The van der Waals surface area contributed by atoms with Crippen LogP contribution in [-0.2, 0) is 11.4 Å². The van der Waals surface area contributed by atoms with Crippen LogP contribution in [0.2, 0.25) is 0 Å². The lowest BCUT2D eigenvalue weighted by Crippen LogP contribution is -2.38. The number of benzene rings is 2. The minimum Gasteiger partial charge on any atom is -0.489 e. The molecule has 2 aromatic rings. The van der Waals surface area contributed by atoms with E-state index in [-0.39, 0.29) is 5.91 Å². The van der Waals surface area contributed by atoms with Gasteiger partial charge in [0.2, 0.25) is 5.91 Å². The van der Waals surface area contributed by atoms with Crippen molar-refractivity contribution in [1.29, 1.82) is 0 Å². The molecular weight excluding hydrogens is 324 g/mol. The third-order valence-corrected chi connectivity index (χ3v) is 4.91. The highest BCUT2D eigenvalue weighted by Crippen LogP contribution is 2.18. The van der Waals surface area contributed by atoms with Crippen LogP contribution in [0.3, 0.4) is 0 Å². The molecule has 0 aromatic heterocycles. The van der Waals surface area contributed by atoms with Gasteiger partial charge in [0.25, 0.3) is 0 Å². The third-order valence-electron chi connectivity index (χ3n) is 4.91. The summed E-state index contributed by atoms with van der Waals surface area (Å²) in [5.41, 5.74) is 2.16. The zero-order chi connectivity index (χ0) is 18.2. The Bertz CT molecular complexity index is 677. The van der Waals surface area contributed by atoms with Crippen LogP contribution in [0.4, 0.5) is 5.69 Å². The van der Waals surface area contributed by atoms with Gasteiger partial charge in [-0.25, -0.2) is 0 Å². The standard InChI is InChI=1S/C22H28N2O2/c1-18-12-15-24(16-13-18)22(25)11-14-23-20-7-9-21(10-8-20)26-17-19-5-3-2-4-6-19/h2-10,18,23H,11-17H2,1H3. The van der Waals surface area contributed by atoms with Crippen LogP contribution in [0.15, 0.2) is 54.6 Å². The van der Waals surface area contributed by atoms with Gasteiger partial charge in [-0.05, 0) is 48.6 Å². The molecule has 0 aliphatic carbocycles. The quantitative estimate of drug-likeness (QED) is 0.806. The van der Waals surface area contributed by atoms with E-state index in [4.69, 9.17) is 4.74 Å². The van der Waals surface area contributed by atoms with Gasteiger partial charge < -0.3 is 15.0 Å². The molecule has 0 saturated carbocycles. The van der Waals surface area contributed by atoms with E-state index in [0.717, 1.165) is 48.8 Å². The van der Waals surface area contributed by atoms with Crippen molar-refractivity contribution in [2.24, 2.45) is 5.92 Å². The van der Waals surface area contributed by atoms with Crippen molar-refractivity contribution in [2.75, 3.05) is 25.0 Å². The van der Waals surface area contributed by atoms with E-state index in [2.05, 4.69) is 24.4 Å². The summed E-state index contributed by atoms with van der Waals surface area (Å²) >= 11 is 0. The van der Waals surface area contributed by atoms with Gasteiger partial charge in [0.05, 0.1) is 0 Å². The zero-order valence-electron chi connectivity index (χ0n) is 15.5. The first-order valence-corrected chi connectivity index (χ1v) is 9.49. The molecule has 4 heteroatoms. The van der Waals surface area contributed by atoms with Crippen molar-refractivity contribution < 1.29 is 9.53 Å². The minimum atomic E-state index is 0.257. The number of amides is 1. The number of carbonyl (C=O) groups excluding carboxylic acids is 1. The molecule has 1 aliphatic rings. The number of anilines is 1. The van der Waals surface area contributed by atoms with Crippen molar-refractivity contribution in [3.05, 3.63) is 60.2 Å². The van der Waals surface area contributed by atoms with E-state index in [1.807, 2.05) is 47.4 Å². The SMILES string of the molecule is CC1CCN(C(=O)CCNc2ccc(OCc3ccccc3)cc2)CC1. The first-order valence-electron chi connectivity index (χ1n) is 9.49. The molecule has 0 spiro atoms. The fraction of sp³-hybridized carbons (Fsp3) is 0.409. The van der Waals surface area contributed by atoms with E-state index in [1.54, 1.807) is 0 Å². The summed E-state index contributed by atoms with van der Waals surface area (Å²) in [5, 5.41) is 3.32. The molecule has 1 fully saturated rings. The van der Waals surface area contributed by atoms with E-state index < -0.39 is 0 Å². The van der Waals surface area contributed by atoms with Crippen LogP contribution in [0.25, 0.3) is 0 Å². The number of hydrogen-bond acceptors (Lipinski definition) is 3. The van der Waals surface area contributed by atoms with Crippen molar-refractivity contribution >= 4 is 11.6 Å². The summed E-state index contributed by atoms with van der Waals surface area (Å²) in [4.78, 5) is 14.2. The molecule has 0 bridgehead atoms. The number of nitrogens with one attached hydrogen (secondary N) is 1. The smallest absolute Gasteiger partial charge is 0.224 e. The molecule has 1 saturated heterocycles. The number of rotatable bonds is 7. The Kier molecular flexibility index (Phi) is 6.53. The Morgan fingerprint density at radius 2 is 1.77 bits per heavy atom. The molecule has 0 unspecified atom stereocenters. The van der Waals surface area contributed by atoms with E-state index in [9.17, 15) is 4.79 Å². The minimum absolute atomic E-state index is 0.257. The predicted molar refractivity (Wildman–Crippen MR) is 105 cm³/mol. The number of nitrogens with zero attached hydrogens (tertiary/aromatic N) is 1. The molecule has 2 aromatic carbocycles. The molecule has 0 atom stereocenters. The first kappa shape index (κ1) is 18.3. The molecular formula is C22H28N2O2. The van der Waals surface area contributed by atoms with Gasteiger partial charge in [-0.2, -0.15) is 0 Å². The Balaban J connectivity index is 1.38. The Labute approximate surface area is 156 Å². The maximum absolute atomic E-state index is 12.2. The molecule has 1 aliphatic heterocycles. The number of likely N-dealkylation sites (tertiary alicyclic amines) is 1. The van der Waals surface area contributed by atoms with Crippen molar-refractivity contribution in [3.8, 4) is 5.75 Å². The van der Waals surface area contributed by atoms with Crippen molar-refractivity contribution in [3.63, 3.8) is 0 Å². The van der Waals surface area contributed by atoms with Gasteiger partial charge in [-0.3, -0.25) is 4.79 Å². The van der Waals surface area contributed by atoms with Gasteiger partial charge in [0, 0.05) is 31.7 Å². The van der Waals surface area contributed by atoms with Crippen molar-refractivity contribution in [1.82, 2.24) is 4.90 Å². The fourth-order valence-corrected chi connectivity index (χ4v) is 3.14. The highest BCUT2D eigenvalue weighted by molar-refractivity contribution is 5.76. The van der Waals surface area contributed by atoms with Crippen LogP contribution in [0, 0.1) is 5.92 Å². The van der Waals surface area contributed by atoms with Crippen LogP contribution in [-0.4, -0.2) is 30.4 Å². The monoisotopic (exact) mass is 352 g/mol. The Morgan fingerprint density at radius 3 is 2.46 bits per heavy atom. The number of carbonyl (C=O) groups is 1. The lowest BCUT2D eigenvalue weighted by atomic mass is 9.99. The number of piperidine rings is 1. The third kappa shape index (κ3) is 5.51. The lowest BCUT2D eigenvalue weighted by molar-refractivity contribution is -0.132. The molecule has 1 N–H and O–H groups in total. The van der Waals surface area contributed by atoms with Gasteiger partial charge in [0.15, 0.2) is 0 Å². The summed E-state index contributed by atoms with van der Waals surface area (Å²) in [6.07, 6.45) is 2.80. The zero-order valence-corrected chi connectivity index (χ0v) is 15.5. The molecule has 0 radical (unpaired) electrons. The second-order valence-corrected chi connectivity index (χ2v) is 7.04. The van der Waals surface area contributed by atoms with Gasteiger partial charge in [-0.1, -0.05) is 37.3 Å². The second-order valence-electron chi connectivity index (χ2n) is 7.04. The van der Waals surface area contributed by atoms with E-state index in [0.29, 0.717) is 19.6 Å². The second kappa shape index (κ2) is 9.27. The maximum Gasteiger partial charge on any atom is 0.224 e. The molecule has 1 heterocycles. The maximum atomic E-state index is 12.2. The topological polar surface area (TPSA) is 41.6 Å². The average Bonchev–Trinajstić information content (AvgIpc) is 2.68. The molecule has 26 heavy (non-hydrogen) atoms. The Morgan fingerprint density at radius 1 is 1.08 bits per heavy atom. The van der Waals surface area contributed by atoms with Crippen LogP contribution in [0.5, 0.6) is 5.75 Å². The normalized spacial score (nSPS) is 14.9. The Hall–Kier alpha value is -2.49. The van der Waals surface area contributed by atoms with Gasteiger partial charge in [0.1, 0.15) is 12.4 Å². The molecule has 4 nitrogen and oxygen atoms in total. The molecule has 138 valence electrons. The average molecular weight is 352 g/mol. The van der Waals surface area contributed by atoms with Gasteiger partial charge >= 0.3 is 0 Å². The van der Waals surface area contributed by atoms with Crippen LogP contribution >= 0.6 is 0 Å². The van der Waals surface area contributed by atoms with Crippen LogP contribution < -0.4 is 10.1 Å². The summed E-state index contributed by atoms with van der Waals surface area (Å²) in [5.74, 6) is 1.85. The lowest BCUT2D eigenvalue weighted by Gasteiger charge is -2.30. The highest BCUT2D eigenvalue weighted by atomic mass is 16.5. The molecule has 3 rings (SSSR count). The largest absolute Gasteiger partial charge is 0.489 e. The summed E-state index contributed by atoms with van der Waals surface area (Å²) in [7, 11) is 0. The van der Waals surface area contributed by atoms with Crippen LogP contribution in [0.1, 0.15) is 31.7 Å². The fourth-order valence-electron chi connectivity index (χ4n) is 3.14. The highest BCUT2D eigenvalue weighted by Gasteiger charge is 2.19. The first-order chi connectivity index (χ1) is 12.7. The molecule has 1 amide bonds.